The molecule has 2 N–H and O–H groups in total. The summed E-state index contributed by atoms with van der Waals surface area (Å²) < 4.78 is 19.9. The van der Waals surface area contributed by atoms with E-state index in [4.69, 9.17) is 4.74 Å². The van der Waals surface area contributed by atoms with Crippen molar-refractivity contribution in [1.29, 1.82) is 0 Å². The fourth-order valence-corrected chi connectivity index (χ4v) is 3.32. The number of anilines is 2. The second-order valence-corrected chi connectivity index (χ2v) is 6.76. The van der Waals surface area contributed by atoms with Gasteiger partial charge in [0, 0.05) is 16.8 Å². The maximum absolute atomic E-state index is 13.3. The molecule has 1 aliphatic heterocycles. The standard InChI is InChI=1S/C21H19FN4O3/c1-12-19(13-3-5-14(22)6-4-13)25-26-17(11-18(27)24-20(12)26)21(28)23-15-7-9-16(29-2)10-8-15/h3-10,17H,11H2,1-2H3,(H,23,28)(H,24,27). The summed E-state index contributed by atoms with van der Waals surface area (Å²) in [5, 5.41) is 10.2. The zero-order valence-corrected chi connectivity index (χ0v) is 15.9. The van der Waals surface area contributed by atoms with Crippen molar-refractivity contribution in [2.75, 3.05) is 17.7 Å². The molecule has 0 saturated carbocycles. The van der Waals surface area contributed by atoms with Gasteiger partial charge in [0.15, 0.2) is 0 Å². The Morgan fingerprint density at radius 3 is 2.55 bits per heavy atom. The van der Waals surface area contributed by atoms with Crippen LogP contribution >= 0.6 is 0 Å². The number of aromatic nitrogens is 2. The quantitative estimate of drug-likeness (QED) is 0.709. The number of methoxy groups -OCH3 is 1. The molecular weight excluding hydrogens is 375 g/mol. The molecule has 29 heavy (non-hydrogen) atoms. The maximum Gasteiger partial charge on any atom is 0.249 e. The predicted molar refractivity (Wildman–Crippen MR) is 106 cm³/mol. The van der Waals surface area contributed by atoms with Crippen LogP contribution in [0.2, 0.25) is 0 Å². The van der Waals surface area contributed by atoms with Gasteiger partial charge in [-0.05, 0) is 55.5 Å². The highest BCUT2D eigenvalue weighted by Gasteiger charge is 2.34. The Morgan fingerprint density at radius 1 is 1.21 bits per heavy atom. The first-order chi connectivity index (χ1) is 14.0. The van der Waals surface area contributed by atoms with Crippen LogP contribution in [0.1, 0.15) is 18.0 Å². The third-order valence-electron chi connectivity index (χ3n) is 4.86. The van der Waals surface area contributed by atoms with E-state index in [1.807, 2.05) is 6.92 Å². The fourth-order valence-electron chi connectivity index (χ4n) is 3.32. The van der Waals surface area contributed by atoms with Crippen molar-refractivity contribution in [2.45, 2.75) is 19.4 Å². The molecule has 4 rings (SSSR count). The van der Waals surface area contributed by atoms with Gasteiger partial charge >= 0.3 is 0 Å². The lowest BCUT2D eigenvalue weighted by Crippen LogP contribution is -2.35. The molecule has 0 bridgehead atoms. The predicted octanol–water partition coefficient (Wildman–Crippen LogP) is 3.53. The molecule has 2 aromatic carbocycles. The number of fused-ring (bicyclic) bond motifs is 1. The Labute approximate surface area is 166 Å². The van der Waals surface area contributed by atoms with Crippen molar-refractivity contribution in [2.24, 2.45) is 0 Å². The lowest BCUT2D eigenvalue weighted by Gasteiger charge is -2.24. The molecular formula is C21H19FN4O3. The SMILES string of the molecule is COc1ccc(NC(=O)C2CC(=O)Nc3c(C)c(-c4ccc(F)cc4)nn32)cc1. The van der Waals surface area contributed by atoms with E-state index in [9.17, 15) is 14.0 Å². The van der Waals surface area contributed by atoms with Crippen LogP contribution in [0.5, 0.6) is 5.75 Å². The number of carbonyl (C=O) groups is 2. The molecule has 0 radical (unpaired) electrons. The van der Waals surface area contributed by atoms with Crippen molar-refractivity contribution < 1.29 is 18.7 Å². The van der Waals surface area contributed by atoms with Crippen molar-refractivity contribution >= 4 is 23.3 Å². The van der Waals surface area contributed by atoms with Crippen molar-refractivity contribution in [3.05, 3.63) is 59.9 Å². The first-order valence-electron chi connectivity index (χ1n) is 9.06. The number of nitrogens with zero attached hydrogens (tertiary/aromatic N) is 2. The van der Waals surface area contributed by atoms with Crippen LogP contribution in [-0.2, 0) is 9.59 Å². The molecule has 2 amide bonds. The lowest BCUT2D eigenvalue weighted by molar-refractivity contribution is -0.125. The van der Waals surface area contributed by atoms with E-state index < -0.39 is 6.04 Å². The fraction of sp³-hybridized carbons (Fsp3) is 0.190. The number of benzene rings is 2. The van der Waals surface area contributed by atoms with Gasteiger partial charge in [-0.1, -0.05) is 0 Å². The summed E-state index contributed by atoms with van der Waals surface area (Å²) in [6, 6.07) is 12.0. The van der Waals surface area contributed by atoms with E-state index in [1.165, 1.54) is 16.8 Å². The van der Waals surface area contributed by atoms with Crippen LogP contribution in [0.3, 0.4) is 0 Å². The molecule has 1 unspecified atom stereocenters. The highest BCUT2D eigenvalue weighted by molar-refractivity contribution is 6.02. The van der Waals surface area contributed by atoms with Gasteiger partial charge in [-0.2, -0.15) is 5.10 Å². The normalized spacial score (nSPS) is 15.4. The van der Waals surface area contributed by atoms with Gasteiger partial charge < -0.3 is 15.4 Å². The molecule has 0 fully saturated rings. The van der Waals surface area contributed by atoms with Gasteiger partial charge in [-0.15, -0.1) is 0 Å². The minimum Gasteiger partial charge on any atom is -0.497 e. The van der Waals surface area contributed by atoms with Crippen molar-refractivity contribution in [3.8, 4) is 17.0 Å². The zero-order chi connectivity index (χ0) is 20.5. The molecule has 2 heterocycles. The van der Waals surface area contributed by atoms with Crippen LogP contribution in [0, 0.1) is 12.7 Å². The average Bonchev–Trinajstić information content (AvgIpc) is 3.05. The van der Waals surface area contributed by atoms with Gasteiger partial charge in [0.1, 0.15) is 23.4 Å². The Kier molecular flexibility index (Phi) is 4.75. The molecule has 7 nitrogen and oxygen atoms in total. The monoisotopic (exact) mass is 394 g/mol. The Morgan fingerprint density at radius 2 is 1.90 bits per heavy atom. The summed E-state index contributed by atoms with van der Waals surface area (Å²) in [6.07, 6.45) is -0.0288. The maximum atomic E-state index is 13.3. The van der Waals surface area contributed by atoms with Crippen LogP contribution in [0.25, 0.3) is 11.3 Å². The minimum atomic E-state index is -0.797. The summed E-state index contributed by atoms with van der Waals surface area (Å²) in [6.45, 7) is 1.81. The molecule has 148 valence electrons. The average molecular weight is 394 g/mol. The first kappa shape index (κ1) is 18.7. The van der Waals surface area contributed by atoms with E-state index in [0.29, 0.717) is 34.1 Å². The third-order valence-corrected chi connectivity index (χ3v) is 4.86. The molecule has 0 aliphatic carbocycles. The van der Waals surface area contributed by atoms with E-state index in [-0.39, 0.29) is 24.1 Å². The van der Waals surface area contributed by atoms with E-state index in [0.717, 1.165) is 0 Å². The number of hydrogen-bond acceptors (Lipinski definition) is 4. The Bertz CT molecular complexity index is 1070. The summed E-state index contributed by atoms with van der Waals surface area (Å²) in [5.74, 6) is 0.185. The number of rotatable bonds is 4. The Balaban J connectivity index is 1.66. The first-order valence-corrected chi connectivity index (χ1v) is 9.06. The van der Waals surface area contributed by atoms with Gasteiger partial charge in [0.25, 0.3) is 0 Å². The third kappa shape index (κ3) is 3.56. The molecule has 1 aliphatic rings. The molecule has 3 aromatic rings. The molecule has 1 atom stereocenters. The van der Waals surface area contributed by atoms with Gasteiger partial charge in [-0.3, -0.25) is 9.59 Å². The number of amides is 2. The second kappa shape index (κ2) is 7.38. The highest BCUT2D eigenvalue weighted by Crippen LogP contribution is 2.34. The lowest BCUT2D eigenvalue weighted by atomic mass is 10.1. The smallest absolute Gasteiger partial charge is 0.249 e. The van der Waals surface area contributed by atoms with E-state index in [2.05, 4.69) is 15.7 Å². The molecule has 0 saturated heterocycles. The van der Waals surface area contributed by atoms with Crippen LogP contribution in [-0.4, -0.2) is 28.7 Å². The largest absolute Gasteiger partial charge is 0.497 e. The van der Waals surface area contributed by atoms with Gasteiger partial charge in [-0.25, -0.2) is 9.07 Å². The molecule has 1 aromatic heterocycles. The van der Waals surface area contributed by atoms with Gasteiger partial charge in [0.05, 0.1) is 19.2 Å². The van der Waals surface area contributed by atoms with Crippen molar-refractivity contribution in [1.82, 2.24) is 9.78 Å². The number of ether oxygens (including phenoxy) is 1. The Hall–Kier alpha value is -3.68. The van der Waals surface area contributed by atoms with Gasteiger partial charge in [0.2, 0.25) is 11.8 Å². The topological polar surface area (TPSA) is 85.2 Å². The summed E-state index contributed by atoms with van der Waals surface area (Å²) in [5.41, 5.74) is 2.59. The van der Waals surface area contributed by atoms with Crippen LogP contribution in [0.15, 0.2) is 48.5 Å². The van der Waals surface area contributed by atoms with Crippen LogP contribution in [0.4, 0.5) is 15.9 Å². The molecule has 0 spiro atoms. The van der Waals surface area contributed by atoms with Crippen molar-refractivity contribution in [3.63, 3.8) is 0 Å². The summed E-state index contributed by atoms with van der Waals surface area (Å²) >= 11 is 0. The van der Waals surface area contributed by atoms with E-state index >= 15 is 0 Å². The highest BCUT2D eigenvalue weighted by atomic mass is 19.1. The summed E-state index contributed by atoms with van der Waals surface area (Å²) in [4.78, 5) is 25.1. The number of nitrogens with one attached hydrogen (secondary N) is 2. The summed E-state index contributed by atoms with van der Waals surface area (Å²) in [7, 11) is 1.56. The number of carbonyl (C=O) groups excluding carboxylic acids is 2. The second-order valence-electron chi connectivity index (χ2n) is 6.76. The molecule has 8 heteroatoms. The van der Waals surface area contributed by atoms with Crippen LogP contribution < -0.4 is 15.4 Å². The number of hydrogen-bond donors (Lipinski definition) is 2. The zero-order valence-electron chi connectivity index (χ0n) is 15.9. The van der Waals surface area contributed by atoms with E-state index in [1.54, 1.807) is 43.5 Å². The number of halogens is 1. The minimum absolute atomic E-state index is 0.0288.